The standard InChI is InChI=1S/C30H25F4N3O/c31-29-24-17-23(14-15-25(24)36-37-29)28(27(21-7-4-8-21)20-5-2-1-3-6-20)22-12-9-19(10-13-22)11-16-26(38)35-18-30(32,33)34/h1-3,5-6,9-17,21H,4,7-8,18H2,(H,35,38)(H,36,37)/b16-11+,28-27-. The first-order valence-electron chi connectivity index (χ1n) is 12.4. The zero-order valence-corrected chi connectivity index (χ0v) is 20.4. The van der Waals surface area contributed by atoms with E-state index in [9.17, 15) is 22.4 Å². The topological polar surface area (TPSA) is 57.8 Å². The molecule has 194 valence electrons. The summed E-state index contributed by atoms with van der Waals surface area (Å²) in [6.45, 7) is -1.38. The number of hydrogen-bond donors (Lipinski definition) is 2. The second-order valence-corrected chi connectivity index (χ2v) is 9.34. The monoisotopic (exact) mass is 519 g/mol. The van der Waals surface area contributed by atoms with Gasteiger partial charge in [0.15, 0.2) is 0 Å². The first-order chi connectivity index (χ1) is 18.3. The third-order valence-electron chi connectivity index (χ3n) is 6.75. The Bertz CT molecular complexity index is 1500. The lowest BCUT2D eigenvalue weighted by Gasteiger charge is -2.31. The summed E-state index contributed by atoms with van der Waals surface area (Å²) >= 11 is 0. The SMILES string of the molecule is O=C(/C=C/c1ccc(/C(=C(\c2ccccc2)C2CCC2)c2ccc3n[nH]c(F)c3c2)cc1)NCC(F)(F)F. The van der Waals surface area contributed by atoms with Crippen molar-refractivity contribution >= 4 is 34.0 Å². The van der Waals surface area contributed by atoms with Crippen molar-refractivity contribution in [2.24, 2.45) is 5.92 Å². The third-order valence-corrected chi connectivity index (χ3v) is 6.75. The Kier molecular flexibility index (Phi) is 7.13. The lowest BCUT2D eigenvalue weighted by Crippen LogP contribution is -2.32. The maximum Gasteiger partial charge on any atom is 0.405 e. The molecule has 0 spiro atoms. The van der Waals surface area contributed by atoms with Crippen molar-refractivity contribution in [2.75, 3.05) is 6.54 Å². The van der Waals surface area contributed by atoms with Gasteiger partial charge in [0.25, 0.3) is 0 Å². The summed E-state index contributed by atoms with van der Waals surface area (Å²) in [6.07, 6.45) is 1.34. The Hall–Kier alpha value is -4.20. The average Bonchev–Trinajstić information content (AvgIpc) is 3.25. The summed E-state index contributed by atoms with van der Waals surface area (Å²) in [5.41, 5.74) is 6.26. The fourth-order valence-electron chi connectivity index (χ4n) is 4.69. The van der Waals surface area contributed by atoms with Crippen LogP contribution in [0.3, 0.4) is 0 Å². The van der Waals surface area contributed by atoms with Crippen LogP contribution in [0.25, 0.3) is 28.1 Å². The van der Waals surface area contributed by atoms with Gasteiger partial charge < -0.3 is 5.32 Å². The van der Waals surface area contributed by atoms with Crippen molar-refractivity contribution in [3.63, 3.8) is 0 Å². The van der Waals surface area contributed by atoms with Crippen LogP contribution in [0.15, 0.2) is 78.9 Å². The molecule has 0 bridgehead atoms. The minimum atomic E-state index is -4.47. The largest absolute Gasteiger partial charge is 0.405 e. The number of aromatic amines is 1. The summed E-state index contributed by atoms with van der Waals surface area (Å²) in [5.74, 6) is -0.955. The molecule has 1 fully saturated rings. The highest BCUT2D eigenvalue weighted by Gasteiger charge is 2.28. The number of carbonyl (C=O) groups is 1. The highest BCUT2D eigenvalue weighted by atomic mass is 19.4. The molecule has 8 heteroatoms. The second-order valence-electron chi connectivity index (χ2n) is 9.34. The Morgan fingerprint density at radius 3 is 2.34 bits per heavy atom. The number of amides is 1. The molecule has 0 atom stereocenters. The van der Waals surface area contributed by atoms with Crippen LogP contribution in [0.2, 0.25) is 0 Å². The Balaban J connectivity index is 1.56. The molecule has 5 rings (SSSR count). The van der Waals surface area contributed by atoms with Gasteiger partial charge in [0, 0.05) is 6.08 Å². The Morgan fingerprint density at radius 1 is 0.974 bits per heavy atom. The molecule has 0 aliphatic heterocycles. The first-order valence-corrected chi connectivity index (χ1v) is 12.4. The van der Waals surface area contributed by atoms with E-state index < -0.39 is 24.6 Å². The minimum Gasteiger partial charge on any atom is -0.343 e. The van der Waals surface area contributed by atoms with Crippen molar-refractivity contribution < 1.29 is 22.4 Å². The van der Waals surface area contributed by atoms with Crippen LogP contribution in [0.4, 0.5) is 17.6 Å². The number of benzene rings is 3. The number of aromatic nitrogens is 2. The van der Waals surface area contributed by atoms with E-state index in [1.807, 2.05) is 59.9 Å². The Labute approximate surface area is 217 Å². The molecule has 4 aromatic rings. The average molecular weight is 520 g/mol. The van der Waals surface area contributed by atoms with Crippen LogP contribution in [0, 0.1) is 11.9 Å². The maximum atomic E-state index is 14.4. The van der Waals surface area contributed by atoms with E-state index in [1.54, 1.807) is 6.07 Å². The molecule has 0 radical (unpaired) electrons. The van der Waals surface area contributed by atoms with Gasteiger partial charge in [0.1, 0.15) is 6.54 Å². The molecule has 4 nitrogen and oxygen atoms in total. The van der Waals surface area contributed by atoms with E-state index >= 15 is 0 Å². The summed E-state index contributed by atoms with van der Waals surface area (Å²) < 4.78 is 51.4. The first kappa shape index (κ1) is 25.4. The zero-order valence-electron chi connectivity index (χ0n) is 20.4. The zero-order chi connectivity index (χ0) is 26.7. The smallest absolute Gasteiger partial charge is 0.343 e. The molecular weight excluding hydrogens is 494 g/mol. The van der Waals surface area contributed by atoms with E-state index in [-0.39, 0.29) is 0 Å². The normalized spacial score (nSPS) is 14.9. The van der Waals surface area contributed by atoms with Crippen LogP contribution >= 0.6 is 0 Å². The molecule has 1 aliphatic rings. The van der Waals surface area contributed by atoms with Crippen LogP contribution in [-0.4, -0.2) is 28.8 Å². The van der Waals surface area contributed by atoms with Crippen LogP contribution in [-0.2, 0) is 4.79 Å². The molecule has 0 saturated heterocycles. The number of carbonyl (C=O) groups excluding carboxylic acids is 1. The summed E-state index contributed by atoms with van der Waals surface area (Å²) in [7, 11) is 0. The molecule has 1 saturated carbocycles. The molecule has 1 amide bonds. The number of fused-ring (bicyclic) bond motifs is 1. The van der Waals surface area contributed by atoms with Gasteiger partial charge in [-0.15, -0.1) is 0 Å². The molecule has 3 aromatic carbocycles. The van der Waals surface area contributed by atoms with Gasteiger partial charge in [-0.25, -0.2) is 0 Å². The fraction of sp³-hybridized carbons (Fsp3) is 0.200. The van der Waals surface area contributed by atoms with E-state index in [1.165, 1.54) is 11.6 Å². The number of nitrogens with zero attached hydrogens (tertiary/aromatic N) is 1. The van der Waals surface area contributed by atoms with Gasteiger partial charge in [0.05, 0.1) is 10.9 Å². The lowest BCUT2D eigenvalue weighted by molar-refractivity contribution is -0.135. The van der Waals surface area contributed by atoms with E-state index in [0.29, 0.717) is 22.4 Å². The van der Waals surface area contributed by atoms with Crippen LogP contribution in [0.5, 0.6) is 0 Å². The molecule has 1 heterocycles. The van der Waals surface area contributed by atoms with Crippen molar-refractivity contribution in [2.45, 2.75) is 25.4 Å². The van der Waals surface area contributed by atoms with Gasteiger partial charge >= 0.3 is 6.18 Å². The highest BCUT2D eigenvalue weighted by Crippen LogP contribution is 2.45. The van der Waals surface area contributed by atoms with Crippen molar-refractivity contribution in [1.82, 2.24) is 15.5 Å². The molecule has 0 unspecified atom stereocenters. The molecule has 38 heavy (non-hydrogen) atoms. The molecule has 1 aliphatic carbocycles. The van der Waals surface area contributed by atoms with Gasteiger partial charge in [-0.05, 0) is 70.4 Å². The molecule has 2 N–H and O–H groups in total. The number of rotatable bonds is 7. The van der Waals surface area contributed by atoms with E-state index in [2.05, 4.69) is 22.3 Å². The number of alkyl halides is 3. The fourth-order valence-corrected chi connectivity index (χ4v) is 4.69. The maximum absolute atomic E-state index is 14.4. The van der Waals surface area contributed by atoms with E-state index in [4.69, 9.17) is 0 Å². The highest BCUT2D eigenvalue weighted by molar-refractivity contribution is 6.01. The number of halogens is 4. The van der Waals surface area contributed by atoms with Crippen LogP contribution in [0.1, 0.15) is 41.5 Å². The van der Waals surface area contributed by atoms with E-state index in [0.717, 1.165) is 47.6 Å². The van der Waals surface area contributed by atoms with Crippen LogP contribution < -0.4 is 5.32 Å². The van der Waals surface area contributed by atoms with Crippen molar-refractivity contribution in [1.29, 1.82) is 0 Å². The summed E-state index contributed by atoms with van der Waals surface area (Å²) in [4.78, 5) is 11.8. The Morgan fingerprint density at radius 2 is 1.68 bits per heavy atom. The predicted octanol–water partition coefficient (Wildman–Crippen LogP) is 7.15. The van der Waals surface area contributed by atoms with Gasteiger partial charge in [-0.1, -0.05) is 67.1 Å². The van der Waals surface area contributed by atoms with Gasteiger partial charge in [-0.2, -0.15) is 22.7 Å². The number of hydrogen-bond acceptors (Lipinski definition) is 2. The number of nitrogens with one attached hydrogen (secondary N) is 2. The predicted molar refractivity (Wildman–Crippen MR) is 140 cm³/mol. The van der Waals surface area contributed by atoms with Crippen molar-refractivity contribution in [3.05, 3.63) is 107 Å². The number of H-pyrrole nitrogens is 1. The van der Waals surface area contributed by atoms with Gasteiger partial charge in [0.2, 0.25) is 11.9 Å². The van der Waals surface area contributed by atoms with Gasteiger partial charge in [-0.3, -0.25) is 9.89 Å². The molecular formula is C30H25F4N3O. The minimum absolute atomic E-state index is 0.356. The quantitative estimate of drug-likeness (QED) is 0.155. The second kappa shape index (κ2) is 10.7. The molecule has 1 aromatic heterocycles. The van der Waals surface area contributed by atoms with Crippen molar-refractivity contribution in [3.8, 4) is 0 Å². The summed E-state index contributed by atoms with van der Waals surface area (Å²) in [6, 6.07) is 23.1. The summed E-state index contributed by atoms with van der Waals surface area (Å²) in [5, 5.41) is 8.64. The number of allylic oxidation sites excluding steroid dienone is 1. The lowest BCUT2D eigenvalue weighted by atomic mass is 9.73. The third kappa shape index (κ3) is 5.69.